The van der Waals surface area contributed by atoms with Crippen molar-refractivity contribution in [3.05, 3.63) is 53.1 Å². The molecule has 0 fully saturated rings. The van der Waals surface area contributed by atoms with E-state index in [-0.39, 0.29) is 10.8 Å². The third kappa shape index (κ3) is 4.24. The predicted molar refractivity (Wildman–Crippen MR) is 92.4 cm³/mol. The average molecular weight is 353 g/mol. The van der Waals surface area contributed by atoms with E-state index in [1.165, 1.54) is 6.07 Å². The highest BCUT2D eigenvalue weighted by Gasteiger charge is 2.19. The first kappa shape index (κ1) is 17.3. The van der Waals surface area contributed by atoms with E-state index in [2.05, 4.69) is 10.0 Å². The Morgan fingerprint density at radius 2 is 1.87 bits per heavy atom. The number of carbonyl (C=O) groups is 1. The van der Waals surface area contributed by atoms with E-state index in [1.807, 2.05) is 0 Å². The van der Waals surface area contributed by atoms with Crippen LogP contribution in [0.4, 0.5) is 11.4 Å². The first-order valence-corrected chi connectivity index (χ1v) is 8.87. The molecule has 0 aliphatic rings. The second kappa shape index (κ2) is 7.02. The second-order valence-corrected chi connectivity index (χ2v) is 7.03. The average Bonchev–Trinajstić information content (AvgIpc) is 2.51. The standard InChI is InChI=1S/C16H17ClN2O3S/c1-3-16(20)18-12-9-8-11(2)15(10-12)23(21,22)19-14-7-5-4-6-13(14)17/h4-10,19H,3H2,1-2H3,(H,18,20). The fourth-order valence-electron chi connectivity index (χ4n) is 1.96. The largest absolute Gasteiger partial charge is 0.326 e. The molecule has 0 saturated heterocycles. The van der Waals surface area contributed by atoms with Crippen LogP contribution in [0, 0.1) is 6.92 Å². The lowest BCUT2D eigenvalue weighted by Gasteiger charge is -2.13. The van der Waals surface area contributed by atoms with Gasteiger partial charge in [0.05, 0.1) is 15.6 Å². The highest BCUT2D eigenvalue weighted by atomic mass is 35.5. The molecule has 2 rings (SSSR count). The van der Waals surface area contributed by atoms with Crippen molar-refractivity contribution in [1.29, 1.82) is 0 Å². The summed E-state index contributed by atoms with van der Waals surface area (Å²) >= 11 is 5.99. The lowest BCUT2D eigenvalue weighted by atomic mass is 10.2. The van der Waals surface area contributed by atoms with Crippen molar-refractivity contribution >= 4 is 38.9 Å². The van der Waals surface area contributed by atoms with Crippen molar-refractivity contribution in [1.82, 2.24) is 0 Å². The first-order valence-electron chi connectivity index (χ1n) is 7.01. The van der Waals surface area contributed by atoms with Crippen LogP contribution in [0.25, 0.3) is 0 Å². The lowest BCUT2D eigenvalue weighted by Crippen LogP contribution is -2.16. The van der Waals surface area contributed by atoms with E-state index in [0.29, 0.717) is 28.4 Å². The van der Waals surface area contributed by atoms with Crippen LogP contribution >= 0.6 is 11.6 Å². The summed E-state index contributed by atoms with van der Waals surface area (Å²) in [5.41, 5.74) is 1.30. The van der Waals surface area contributed by atoms with Crippen LogP contribution in [0.2, 0.25) is 5.02 Å². The van der Waals surface area contributed by atoms with Gasteiger partial charge in [0, 0.05) is 12.1 Å². The third-order valence-electron chi connectivity index (χ3n) is 3.20. The molecule has 23 heavy (non-hydrogen) atoms. The van der Waals surface area contributed by atoms with E-state index >= 15 is 0 Å². The summed E-state index contributed by atoms with van der Waals surface area (Å²) in [6.07, 6.45) is 0.313. The van der Waals surface area contributed by atoms with Gasteiger partial charge in [-0.15, -0.1) is 0 Å². The molecule has 0 atom stereocenters. The number of sulfonamides is 1. The number of aryl methyl sites for hydroxylation is 1. The van der Waals surface area contributed by atoms with Crippen molar-refractivity contribution in [2.24, 2.45) is 0 Å². The summed E-state index contributed by atoms with van der Waals surface area (Å²) in [5.74, 6) is -0.184. The van der Waals surface area contributed by atoms with Gasteiger partial charge in [0.1, 0.15) is 0 Å². The number of halogens is 1. The monoisotopic (exact) mass is 352 g/mol. The molecule has 0 aliphatic carbocycles. The Morgan fingerprint density at radius 3 is 2.52 bits per heavy atom. The molecule has 2 aromatic carbocycles. The van der Waals surface area contributed by atoms with E-state index in [1.54, 1.807) is 50.2 Å². The van der Waals surface area contributed by atoms with Gasteiger partial charge in [0.25, 0.3) is 10.0 Å². The number of hydrogen-bond donors (Lipinski definition) is 2. The fourth-order valence-corrected chi connectivity index (χ4v) is 3.55. The van der Waals surface area contributed by atoms with Crippen LogP contribution in [0.3, 0.4) is 0 Å². The topological polar surface area (TPSA) is 75.3 Å². The minimum Gasteiger partial charge on any atom is -0.326 e. The third-order valence-corrected chi connectivity index (χ3v) is 5.04. The van der Waals surface area contributed by atoms with Gasteiger partial charge in [-0.25, -0.2) is 8.42 Å². The number of nitrogens with one attached hydrogen (secondary N) is 2. The predicted octanol–water partition coefficient (Wildman–Crippen LogP) is 3.80. The Morgan fingerprint density at radius 1 is 1.17 bits per heavy atom. The molecule has 0 unspecified atom stereocenters. The van der Waals surface area contributed by atoms with Gasteiger partial charge in [-0.05, 0) is 36.8 Å². The number of hydrogen-bond acceptors (Lipinski definition) is 3. The Labute approximate surface area is 140 Å². The maximum atomic E-state index is 12.6. The molecule has 0 radical (unpaired) electrons. The van der Waals surface area contributed by atoms with Gasteiger partial charge >= 0.3 is 0 Å². The fraction of sp³-hybridized carbons (Fsp3) is 0.188. The summed E-state index contributed by atoms with van der Waals surface area (Å²) in [6, 6.07) is 11.3. The van der Waals surface area contributed by atoms with Crippen LogP contribution in [-0.4, -0.2) is 14.3 Å². The number of benzene rings is 2. The van der Waals surface area contributed by atoms with Gasteiger partial charge in [0.15, 0.2) is 0 Å². The van der Waals surface area contributed by atoms with Crippen molar-refractivity contribution in [3.8, 4) is 0 Å². The highest BCUT2D eigenvalue weighted by Crippen LogP contribution is 2.26. The van der Waals surface area contributed by atoms with Gasteiger partial charge in [-0.1, -0.05) is 36.7 Å². The van der Waals surface area contributed by atoms with Crippen molar-refractivity contribution in [2.75, 3.05) is 10.0 Å². The molecular formula is C16H17ClN2O3S. The second-order valence-electron chi connectivity index (χ2n) is 4.97. The highest BCUT2D eigenvalue weighted by molar-refractivity contribution is 7.92. The molecule has 1 amide bonds. The van der Waals surface area contributed by atoms with Crippen LogP contribution < -0.4 is 10.0 Å². The van der Waals surface area contributed by atoms with E-state index in [0.717, 1.165) is 0 Å². The zero-order valence-electron chi connectivity index (χ0n) is 12.8. The minimum atomic E-state index is -3.82. The number of amides is 1. The molecule has 0 spiro atoms. The molecule has 2 aromatic rings. The SMILES string of the molecule is CCC(=O)Nc1ccc(C)c(S(=O)(=O)Nc2ccccc2Cl)c1. The molecule has 0 aromatic heterocycles. The summed E-state index contributed by atoms with van der Waals surface area (Å²) in [7, 11) is -3.82. The Balaban J connectivity index is 2.37. The quantitative estimate of drug-likeness (QED) is 0.859. The van der Waals surface area contributed by atoms with Crippen molar-refractivity contribution in [3.63, 3.8) is 0 Å². The van der Waals surface area contributed by atoms with Crippen molar-refractivity contribution in [2.45, 2.75) is 25.2 Å². The van der Waals surface area contributed by atoms with Crippen LogP contribution in [0.1, 0.15) is 18.9 Å². The number of carbonyl (C=O) groups excluding carboxylic acids is 1. The van der Waals surface area contributed by atoms with E-state index < -0.39 is 10.0 Å². The summed E-state index contributed by atoms with van der Waals surface area (Å²) in [6.45, 7) is 3.41. The first-order chi connectivity index (χ1) is 10.8. The molecule has 5 nitrogen and oxygen atoms in total. The number of rotatable bonds is 5. The zero-order valence-corrected chi connectivity index (χ0v) is 14.3. The summed E-state index contributed by atoms with van der Waals surface area (Å²) in [4.78, 5) is 11.6. The van der Waals surface area contributed by atoms with Gasteiger partial charge < -0.3 is 5.32 Å². The lowest BCUT2D eigenvalue weighted by molar-refractivity contribution is -0.115. The normalized spacial score (nSPS) is 11.1. The Hall–Kier alpha value is -2.05. The molecule has 122 valence electrons. The van der Waals surface area contributed by atoms with Crippen molar-refractivity contribution < 1.29 is 13.2 Å². The van der Waals surface area contributed by atoms with Gasteiger partial charge in [-0.2, -0.15) is 0 Å². The number of anilines is 2. The summed E-state index contributed by atoms with van der Waals surface area (Å²) < 4.78 is 27.7. The molecule has 0 bridgehead atoms. The molecule has 7 heteroatoms. The molecule has 0 aliphatic heterocycles. The molecule has 2 N–H and O–H groups in total. The van der Waals surface area contributed by atoms with Crippen LogP contribution in [0.15, 0.2) is 47.4 Å². The van der Waals surface area contributed by atoms with E-state index in [4.69, 9.17) is 11.6 Å². The van der Waals surface area contributed by atoms with E-state index in [9.17, 15) is 13.2 Å². The molecule has 0 saturated carbocycles. The number of para-hydroxylation sites is 1. The van der Waals surface area contributed by atoms with Gasteiger partial charge in [0.2, 0.25) is 5.91 Å². The van der Waals surface area contributed by atoms with Gasteiger partial charge in [-0.3, -0.25) is 9.52 Å². The Bertz CT molecular complexity index is 835. The van der Waals surface area contributed by atoms with Crippen LogP contribution in [-0.2, 0) is 14.8 Å². The minimum absolute atomic E-state index is 0.0892. The Kier molecular flexibility index (Phi) is 5.28. The smallest absolute Gasteiger partial charge is 0.262 e. The summed E-state index contributed by atoms with van der Waals surface area (Å²) in [5, 5.41) is 2.96. The maximum Gasteiger partial charge on any atom is 0.262 e. The molecule has 0 heterocycles. The maximum absolute atomic E-state index is 12.6. The van der Waals surface area contributed by atoms with Crippen LogP contribution in [0.5, 0.6) is 0 Å². The zero-order chi connectivity index (χ0) is 17.0. The molecular weight excluding hydrogens is 336 g/mol.